The molecule has 22 nitrogen and oxygen atoms in total. The highest BCUT2D eigenvalue weighted by molar-refractivity contribution is 6.10. The van der Waals surface area contributed by atoms with Gasteiger partial charge < -0.3 is 49.0 Å². The highest BCUT2D eigenvalue weighted by atomic mass is 16.5. The zero-order valence-corrected chi connectivity index (χ0v) is 36.1. The van der Waals surface area contributed by atoms with Gasteiger partial charge in [-0.1, -0.05) is 12.1 Å². The molecule has 8 amide bonds. The van der Waals surface area contributed by atoms with E-state index >= 15 is 0 Å². The summed E-state index contributed by atoms with van der Waals surface area (Å²) in [5.41, 5.74) is 2.75. The van der Waals surface area contributed by atoms with Gasteiger partial charge >= 0.3 is 12.1 Å². The summed E-state index contributed by atoms with van der Waals surface area (Å²) in [5.74, 6) is 1.11. The SMILES string of the molecule is COc1ccc2c(c1)C(=O)N(C[C@@]1(c3cc4ncc(-c5ncc[nH]5)cc4o3)NC(=O)NC1=O)C2.COc1ccc2c(c1)C(=O)N(C[C@@]1(c3cc4ncc(C5=NCCN5)cc4o3)NC(=O)NC1=O)C2. The molecule has 0 bridgehead atoms. The van der Waals surface area contributed by atoms with Crippen LogP contribution >= 0.6 is 0 Å². The van der Waals surface area contributed by atoms with E-state index in [4.69, 9.17) is 18.3 Å². The number of furan rings is 2. The molecule has 2 atom stereocenters. The van der Waals surface area contributed by atoms with Crippen molar-refractivity contribution in [1.82, 2.24) is 56.3 Å². The first kappa shape index (κ1) is 41.6. The second-order valence-corrected chi connectivity index (χ2v) is 16.5. The summed E-state index contributed by atoms with van der Waals surface area (Å²) in [6.45, 7) is 1.78. The predicted octanol–water partition coefficient (Wildman–Crippen LogP) is 2.79. The summed E-state index contributed by atoms with van der Waals surface area (Å²) in [6.07, 6.45) is 6.63. The zero-order chi connectivity index (χ0) is 46.9. The number of carbonyl (C=O) groups is 6. The third-order valence-corrected chi connectivity index (χ3v) is 12.4. The van der Waals surface area contributed by atoms with Crippen LogP contribution in [0, 0.1) is 0 Å². The number of ether oxygens (including phenoxy) is 2. The standard InChI is InChI=1S/C23H20N6O5.C23H18N6O5/c2*1-33-14-3-2-12-10-29(20(30)15(12)7-14)11-23(21(31)27-22(32)28-23)18-8-16-17(34-18)6-13(9-26-16)19-24-4-5-25-19/h2-3,6-9H,4-5,10-11H2,1H3,(H,24,25)(H2,27,28,31,32);2-9H,10-11H2,1H3,(H,24,25)(H2,27,28,31,32)/t2*23-/m00/s1. The molecule has 2 fully saturated rings. The van der Waals surface area contributed by atoms with Crippen molar-refractivity contribution < 1.29 is 47.1 Å². The number of aliphatic imine (C=N–C) groups is 1. The smallest absolute Gasteiger partial charge is 0.322 e. The number of imide groups is 2. The number of pyridine rings is 2. The number of imidazole rings is 1. The van der Waals surface area contributed by atoms with E-state index < -0.39 is 35.0 Å². The van der Waals surface area contributed by atoms with Gasteiger partial charge in [-0.3, -0.25) is 44.8 Å². The number of amides is 8. The van der Waals surface area contributed by atoms with Crippen LogP contribution in [-0.2, 0) is 33.8 Å². The summed E-state index contributed by atoms with van der Waals surface area (Å²) in [5, 5.41) is 13.1. The number of carbonyl (C=O) groups excluding carboxylic acids is 6. The van der Waals surface area contributed by atoms with Gasteiger partial charge in [0.05, 0.1) is 33.9 Å². The number of hydrogen-bond donors (Lipinski definition) is 6. The number of nitrogens with zero attached hydrogens (tertiary/aromatic N) is 6. The number of nitrogens with one attached hydrogen (secondary N) is 6. The lowest BCUT2D eigenvalue weighted by atomic mass is 9.95. The fourth-order valence-corrected chi connectivity index (χ4v) is 9.00. The van der Waals surface area contributed by atoms with E-state index in [0.29, 0.717) is 62.8 Å². The van der Waals surface area contributed by atoms with Gasteiger partial charge in [0, 0.05) is 78.8 Å². The van der Waals surface area contributed by atoms with Crippen LogP contribution in [0.4, 0.5) is 9.59 Å². The van der Waals surface area contributed by atoms with Crippen molar-refractivity contribution in [1.29, 1.82) is 0 Å². The molecule has 22 heteroatoms. The maximum atomic E-state index is 13.1. The number of benzene rings is 2. The third-order valence-electron chi connectivity index (χ3n) is 12.4. The van der Waals surface area contributed by atoms with Gasteiger partial charge in [-0.25, -0.2) is 14.6 Å². The molecule has 0 radical (unpaired) electrons. The van der Waals surface area contributed by atoms with Crippen molar-refractivity contribution in [2.45, 2.75) is 24.2 Å². The summed E-state index contributed by atoms with van der Waals surface area (Å²) < 4.78 is 22.5. The number of urea groups is 2. The molecule has 68 heavy (non-hydrogen) atoms. The van der Waals surface area contributed by atoms with E-state index in [1.807, 2.05) is 12.1 Å². The molecular formula is C46H38N12O10. The fraction of sp³-hybridized carbons (Fsp3) is 0.217. The van der Waals surface area contributed by atoms with Crippen LogP contribution in [0.3, 0.4) is 0 Å². The predicted molar refractivity (Wildman–Crippen MR) is 237 cm³/mol. The quantitative estimate of drug-likeness (QED) is 0.108. The van der Waals surface area contributed by atoms with Crippen LogP contribution in [0.25, 0.3) is 33.6 Å². The molecule has 12 rings (SSSR count). The number of H-pyrrole nitrogens is 1. The van der Waals surface area contributed by atoms with E-state index in [1.54, 1.807) is 73.3 Å². The first-order chi connectivity index (χ1) is 32.9. The third kappa shape index (κ3) is 6.87. The summed E-state index contributed by atoms with van der Waals surface area (Å²) in [6, 6.07) is 15.9. The van der Waals surface area contributed by atoms with Gasteiger partial charge in [-0.05, 0) is 47.5 Å². The molecule has 2 aromatic carbocycles. The van der Waals surface area contributed by atoms with Gasteiger partial charge in [0.1, 0.15) is 45.7 Å². The average molecular weight is 919 g/mol. The van der Waals surface area contributed by atoms with Gasteiger partial charge in [0.25, 0.3) is 23.6 Å². The van der Waals surface area contributed by atoms with Crippen LogP contribution in [0.5, 0.6) is 11.5 Å². The molecule has 0 aliphatic carbocycles. The molecule has 0 spiro atoms. The molecule has 6 N–H and O–H groups in total. The van der Waals surface area contributed by atoms with E-state index in [0.717, 1.165) is 29.1 Å². The second-order valence-electron chi connectivity index (χ2n) is 16.5. The minimum absolute atomic E-state index is 0.110. The van der Waals surface area contributed by atoms with Crippen molar-refractivity contribution >= 4 is 63.7 Å². The summed E-state index contributed by atoms with van der Waals surface area (Å²) in [7, 11) is 3.06. The Kier molecular flexibility index (Phi) is 9.68. The minimum Gasteiger partial charge on any atom is -0.497 e. The molecule has 342 valence electrons. The van der Waals surface area contributed by atoms with Crippen molar-refractivity contribution in [3.05, 3.63) is 125 Å². The van der Waals surface area contributed by atoms with E-state index in [2.05, 4.69) is 51.5 Å². The Labute approximate surface area is 383 Å². The number of methoxy groups -OCH3 is 2. The number of fused-ring (bicyclic) bond motifs is 4. The Balaban J connectivity index is 0.000000149. The molecule has 7 aromatic rings. The number of amidine groups is 1. The lowest BCUT2D eigenvalue weighted by Gasteiger charge is -2.28. The number of aromatic nitrogens is 4. The normalized spacial score (nSPS) is 20.4. The zero-order valence-electron chi connectivity index (χ0n) is 36.1. The van der Waals surface area contributed by atoms with Crippen molar-refractivity contribution in [3.8, 4) is 22.9 Å². The van der Waals surface area contributed by atoms with Crippen LogP contribution in [0.2, 0.25) is 0 Å². The lowest BCUT2D eigenvalue weighted by Crippen LogP contribution is -2.52. The minimum atomic E-state index is -1.61. The second kappa shape index (κ2) is 15.8. The first-order valence-electron chi connectivity index (χ1n) is 21.2. The van der Waals surface area contributed by atoms with E-state index in [-0.39, 0.29) is 49.5 Å². The molecule has 5 aliphatic rings. The summed E-state index contributed by atoms with van der Waals surface area (Å²) >= 11 is 0. The molecule has 5 aromatic heterocycles. The van der Waals surface area contributed by atoms with Gasteiger partial charge in [-0.2, -0.15) is 0 Å². The molecule has 2 saturated heterocycles. The Hall–Kier alpha value is -9.08. The molecule has 10 heterocycles. The van der Waals surface area contributed by atoms with Gasteiger partial charge in [-0.15, -0.1) is 0 Å². The average Bonchev–Trinajstić information content (AvgIpc) is 4.21. The van der Waals surface area contributed by atoms with Gasteiger partial charge in [0.15, 0.2) is 22.2 Å². The number of aromatic amines is 1. The molecule has 0 unspecified atom stereocenters. The Morgan fingerprint density at radius 2 is 1.19 bits per heavy atom. The Bertz CT molecular complexity index is 3330. The maximum absolute atomic E-state index is 13.1. The monoisotopic (exact) mass is 918 g/mol. The van der Waals surface area contributed by atoms with Crippen LogP contribution in [-0.4, -0.2) is 112 Å². The number of hydrogen-bond acceptors (Lipinski definition) is 15. The van der Waals surface area contributed by atoms with Crippen LogP contribution in [0.15, 0.2) is 99.3 Å². The van der Waals surface area contributed by atoms with Crippen molar-refractivity contribution in [3.63, 3.8) is 0 Å². The highest BCUT2D eigenvalue weighted by Gasteiger charge is 2.54. The topological polar surface area (TPSA) is 281 Å². The number of rotatable bonds is 10. The first-order valence-corrected chi connectivity index (χ1v) is 21.2. The molecule has 5 aliphatic heterocycles. The van der Waals surface area contributed by atoms with Crippen LogP contribution in [0.1, 0.15) is 48.9 Å². The van der Waals surface area contributed by atoms with Crippen LogP contribution < -0.4 is 36.1 Å². The van der Waals surface area contributed by atoms with Crippen molar-refractivity contribution in [2.24, 2.45) is 4.99 Å². The Morgan fingerprint density at radius 1 is 0.662 bits per heavy atom. The maximum Gasteiger partial charge on any atom is 0.322 e. The summed E-state index contributed by atoms with van der Waals surface area (Å²) in [4.78, 5) is 100. The van der Waals surface area contributed by atoms with Crippen molar-refractivity contribution in [2.75, 3.05) is 40.4 Å². The fourth-order valence-electron chi connectivity index (χ4n) is 9.00. The van der Waals surface area contributed by atoms with E-state index in [9.17, 15) is 28.8 Å². The van der Waals surface area contributed by atoms with E-state index in [1.165, 1.54) is 24.0 Å². The Morgan fingerprint density at radius 3 is 1.65 bits per heavy atom. The largest absolute Gasteiger partial charge is 0.497 e. The lowest BCUT2D eigenvalue weighted by molar-refractivity contribution is -0.126. The molecule has 0 saturated carbocycles. The molecular weight excluding hydrogens is 881 g/mol. The van der Waals surface area contributed by atoms with Gasteiger partial charge in [0.2, 0.25) is 0 Å². The highest BCUT2D eigenvalue weighted by Crippen LogP contribution is 2.37.